The molecule has 1 aromatic rings. The van der Waals surface area contributed by atoms with Crippen LogP contribution in [-0.4, -0.2) is 23.2 Å². The van der Waals surface area contributed by atoms with Crippen molar-refractivity contribution in [2.75, 3.05) is 7.05 Å². The van der Waals surface area contributed by atoms with Crippen LogP contribution in [0.15, 0.2) is 11.2 Å². The van der Waals surface area contributed by atoms with E-state index in [-0.39, 0.29) is 0 Å². The summed E-state index contributed by atoms with van der Waals surface area (Å²) in [7, 11) is 1.74. The van der Waals surface area contributed by atoms with E-state index in [1.54, 1.807) is 13.3 Å². The molecule has 0 saturated heterocycles. The zero-order chi connectivity index (χ0) is 8.97. The molecule has 0 atom stereocenters. The highest BCUT2D eigenvalue weighted by atomic mass is 14.9. The normalized spacial score (nSPS) is 10.9. The molecule has 0 aliphatic carbocycles. The maximum Gasteiger partial charge on any atom is 0.128 e. The van der Waals surface area contributed by atoms with Gasteiger partial charge in [-0.25, -0.2) is 9.97 Å². The second kappa shape index (κ2) is 3.95. The summed E-state index contributed by atoms with van der Waals surface area (Å²) in [6.07, 6.45) is 4.47. The fraction of sp³-hybridized carbons (Fsp3) is 0.444. The summed E-state index contributed by atoms with van der Waals surface area (Å²) in [4.78, 5) is 12.4. The lowest BCUT2D eigenvalue weighted by Crippen LogP contribution is -1.99. The Morgan fingerprint density at radius 1 is 1.58 bits per heavy atom. The van der Waals surface area contributed by atoms with Gasteiger partial charge in [-0.3, -0.25) is 4.99 Å². The van der Waals surface area contributed by atoms with Crippen LogP contribution in [0.3, 0.4) is 0 Å². The van der Waals surface area contributed by atoms with Crippen molar-refractivity contribution in [3.05, 3.63) is 23.3 Å². The van der Waals surface area contributed by atoms with Crippen LogP contribution in [0.1, 0.15) is 24.0 Å². The first-order valence-corrected chi connectivity index (χ1v) is 4.02. The molecule has 1 rings (SSSR count). The number of nitrogens with zero attached hydrogens (tertiary/aromatic N) is 3. The van der Waals surface area contributed by atoms with Crippen LogP contribution in [0.4, 0.5) is 0 Å². The van der Waals surface area contributed by atoms with E-state index < -0.39 is 0 Å². The first-order chi connectivity index (χ1) is 5.77. The Kier molecular flexibility index (Phi) is 2.91. The van der Waals surface area contributed by atoms with Gasteiger partial charge in [0.2, 0.25) is 0 Å². The van der Waals surface area contributed by atoms with Crippen LogP contribution in [0.2, 0.25) is 0 Å². The molecule has 12 heavy (non-hydrogen) atoms. The fourth-order valence-electron chi connectivity index (χ4n) is 0.961. The highest BCUT2D eigenvalue weighted by Gasteiger charge is 1.98. The summed E-state index contributed by atoms with van der Waals surface area (Å²) in [5, 5.41) is 0. The van der Waals surface area contributed by atoms with Gasteiger partial charge in [-0.15, -0.1) is 0 Å². The lowest BCUT2D eigenvalue weighted by molar-refractivity contribution is 0.915. The number of hydrogen-bond donors (Lipinski definition) is 0. The van der Waals surface area contributed by atoms with Gasteiger partial charge in [0.15, 0.2) is 0 Å². The van der Waals surface area contributed by atoms with Gasteiger partial charge in [0.05, 0.1) is 0 Å². The molecule has 0 unspecified atom stereocenters. The molecule has 0 aliphatic rings. The van der Waals surface area contributed by atoms with E-state index in [1.807, 2.05) is 20.0 Å². The maximum atomic E-state index is 4.31. The summed E-state index contributed by atoms with van der Waals surface area (Å²) in [6, 6.07) is 0. The van der Waals surface area contributed by atoms with Crippen molar-refractivity contribution < 1.29 is 0 Å². The van der Waals surface area contributed by atoms with E-state index in [4.69, 9.17) is 0 Å². The highest BCUT2D eigenvalue weighted by molar-refractivity contribution is 5.80. The van der Waals surface area contributed by atoms with E-state index in [0.717, 1.165) is 23.5 Å². The Balaban J connectivity index is 3.03. The molecule has 0 N–H and O–H groups in total. The molecule has 0 bridgehead atoms. The molecule has 0 aromatic carbocycles. The molecule has 3 heteroatoms. The predicted molar refractivity (Wildman–Crippen MR) is 49.7 cm³/mol. The minimum Gasteiger partial charge on any atom is -0.296 e. The highest BCUT2D eigenvalue weighted by Crippen LogP contribution is 2.01. The zero-order valence-corrected chi connectivity index (χ0v) is 7.70. The van der Waals surface area contributed by atoms with Crippen LogP contribution >= 0.6 is 0 Å². The quantitative estimate of drug-likeness (QED) is 0.618. The van der Waals surface area contributed by atoms with E-state index in [0.29, 0.717) is 0 Å². The maximum absolute atomic E-state index is 4.31. The average molecular weight is 163 g/mol. The van der Waals surface area contributed by atoms with Crippen LogP contribution in [0.5, 0.6) is 0 Å². The number of hydrogen-bond acceptors (Lipinski definition) is 3. The first-order valence-electron chi connectivity index (χ1n) is 4.02. The van der Waals surface area contributed by atoms with Crippen molar-refractivity contribution in [1.82, 2.24) is 9.97 Å². The minimum absolute atomic E-state index is 0.879. The van der Waals surface area contributed by atoms with Crippen LogP contribution in [-0.2, 0) is 6.42 Å². The van der Waals surface area contributed by atoms with E-state index in [2.05, 4.69) is 15.0 Å². The predicted octanol–water partition coefficient (Wildman–Crippen LogP) is 1.40. The molecule has 1 aromatic heterocycles. The van der Waals surface area contributed by atoms with Gasteiger partial charge in [0.1, 0.15) is 5.82 Å². The van der Waals surface area contributed by atoms with Gasteiger partial charge in [0.25, 0.3) is 0 Å². The molecule has 0 aliphatic heterocycles. The topological polar surface area (TPSA) is 38.1 Å². The lowest BCUT2D eigenvalue weighted by Gasteiger charge is -1.99. The lowest BCUT2D eigenvalue weighted by atomic mass is 10.2. The van der Waals surface area contributed by atoms with Crippen molar-refractivity contribution in [3.63, 3.8) is 0 Å². The first kappa shape index (κ1) is 8.84. The summed E-state index contributed by atoms with van der Waals surface area (Å²) in [5.41, 5.74) is 1.99. The van der Waals surface area contributed by atoms with Crippen molar-refractivity contribution in [2.45, 2.75) is 20.3 Å². The molecule has 0 fully saturated rings. The fourth-order valence-corrected chi connectivity index (χ4v) is 0.961. The monoisotopic (exact) mass is 163 g/mol. The Morgan fingerprint density at radius 3 is 2.83 bits per heavy atom. The number of aromatic nitrogens is 2. The molecule has 64 valence electrons. The SMILES string of the molecule is CCc1ncc(C=NC)c(C)n1. The summed E-state index contributed by atoms with van der Waals surface area (Å²) in [5.74, 6) is 0.890. The average Bonchev–Trinajstić information content (AvgIpc) is 2.09. The van der Waals surface area contributed by atoms with Crippen LogP contribution in [0.25, 0.3) is 0 Å². The smallest absolute Gasteiger partial charge is 0.128 e. The van der Waals surface area contributed by atoms with Gasteiger partial charge in [-0.2, -0.15) is 0 Å². The molecular weight excluding hydrogens is 150 g/mol. The Bertz CT molecular complexity index is 292. The number of aliphatic imine (C=N–C) groups is 1. The number of aryl methyl sites for hydroxylation is 2. The largest absolute Gasteiger partial charge is 0.296 e. The van der Waals surface area contributed by atoms with Crippen molar-refractivity contribution >= 4 is 6.21 Å². The second-order valence-electron chi connectivity index (χ2n) is 2.57. The second-order valence-corrected chi connectivity index (χ2v) is 2.57. The standard InChI is InChI=1S/C9H13N3/c1-4-9-11-6-8(5-10-3)7(2)12-9/h5-6H,4H2,1-3H3. The minimum atomic E-state index is 0.879. The third-order valence-corrected chi connectivity index (χ3v) is 1.65. The molecule has 0 spiro atoms. The molecule has 3 nitrogen and oxygen atoms in total. The van der Waals surface area contributed by atoms with Gasteiger partial charge >= 0.3 is 0 Å². The third-order valence-electron chi connectivity index (χ3n) is 1.65. The van der Waals surface area contributed by atoms with E-state index in [1.165, 1.54) is 0 Å². The Hall–Kier alpha value is -1.25. The van der Waals surface area contributed by atoms with Crippen molar-refractivity contribution in [2.24, 2.45) is 4.99 Å². The zero-order valence-electron chi connectivity index (χ0n) is 7.70. The molecule has 0 radical (unpaired) electrons. The molecule has 0 saturated carbocycles. The van der Waals surface area contributed by atoms with Gasteiger partial charge < -0.3 is 0 Å². The summed E-state index contributed by atoms with van der Waals surface area (Å²) < 4.78 is 0. The number of rotatable bonds is 2. The van der Waals surface area contributed by atoms with Crippen molar-refractivity contribution in [3.8, 4) is 0 Å². The molecule has 1 heterocycles. The van der Waals surface area contributed by atoms with E-state index in [9.17, 15) is 0 Å². The van der Waals surface area contributed by atoms with Crippen LogP contribution < -0.4 is 0 Å². The van der Waals surface area contributed by atoms with Crippen molar-refractivity contribution in [1.29, 1.82) is 0 Å². The van der Waals surface area contributed by atoms with Gasteiger partial charge in [-0.1, -0.05) is 6.92 Å². The molecular formula is C9H13N3. The van der Waals surface area contributed by atoms with Gasteiger partial charge in [-0.05, 0) is 6.92 Å². The Labute approximate surface area is 72.6 Å². The molecule has 0 amide bonds. The Morgan fingerprint density at radius 2 is 2.33 bits per heavy atom. The van der Waals surface area contributed by atoms with Gasteiger partial charge in [0, 0.05) is 37.1 Å². The van der Waals surface area contributed by atoms with E-state index >= 15 is 0 Å². The third kappa shape index (κ3) is 1.87. The van der Waals surface area contributed by atoms with Crippen LogP contribution in [0, 0.1) is 6.92 Å². The summed E-state index contributed by atoms with van der Waals surface area (Å²) in [6.45, 7) is 4.01. The summed E-state index contributed by atoms with van der Waals surface area (Å²) >= 11 is 0.